The molecule has 0 N–H and O–H groups in total. The van der Waals surface area contributed by atoms with Crippen molar-refractivity contribution in [1.82, 2.24) is 0 Å². The van der Waals surface area contributed by atoms with Crippen molar-refractivity contribution < 1.29 is 4.74 Å². The number of hydrogen-bond donors (Lipinski definition) is 0. The topological polar surface area (TPSA) is 33.0 Å². The quantitative estimate of drug-likeness (QED) is 0.802. The van der Waals surface area contributed by atoms with Gasteiger partial charge in [-0.1, -0.05) is 36.8 Å². The molecule has 20 heavy (non-hydrogen) atoms. The maximum atomic E-state index is 9.19. The second-order valence-electron chi connectivity index (χ2n) is 6.28. The molecular weight excluding hydrogens is 246 g/mol. The first-order chi connectivity index (χ1) is 9.58. The normalized spacial score (nSPS) is 27.8. The van der Waals surface area contributed by atoms with E-state index in [0.717, 1.165) is 25.9 Å². The van der Waals surface area contributed by atoms with E-state index in [4.69, 9.17) is 4.74 Å². The zero-order valence-electron chi connectivity index (χ0n) is 12.9. The lowest BCUT2D eigenvalue weighted by molar-refractivity contribution is -0.0909. The number of hydrogen-bond acceptors (Lipinski definition) is 2. The van der Waals surface area contributed by atoms with E-state index >= 15 is 0 Å². The molecule has 0 amide bonds. The third-order valence-electron chi connectivity index (χ3n) is 4.77. The van der Waals surface area contributed by atoms with Crippen molar-refractivity contribution in [3.05, 3.63) is 35.4 Å². The Labute approximate surface area is 122 Å². The molecule has 1 aromatic rings. The van der Waals surface area contributed by atoms with Gasteiger partial charge in [-0.15, -0.1) is 0 Å². The van der Waals surface area contributed by atoms with Crippen LogP contribution in [0.4, 0.5) is 0 Å². The van der Waals surface area contributed by atoms with Gasteiger partial charge in [0, 0.05) is 13.0 Å². The van der Waals surface area contributed by atoms with Crippen LogP contribution in [0.25, 0.3) is 0 Å². The van der Waals surface area contributed by atoms with E-state index in [0.29, 0.717) is 18.3 Å². The summed E-state index contributed by atoms with van der Waals surface area (Å²) in [5.41, 5.74) is 2.57. The summed E-state index contributed by atoms with van der Waals surface area (Å²) < 4.78 is 5.95. The van der Waals surface area contributed by atoms with Gasteiger partial charge in [0.25, 0.3) is 0 Å². The minimum atomic E-state index is -0.0126. The van der Waals surface area contributed by atoms with Crippen molar-refractivity contribution in [1.29, 1.82) is 5.26 Å². The molecule has 3 unspecified atom stereocenters. The first-order valence-corrected chi connectivity index (χ1v) is 7.65. The highest BCUT2D eigenvalue weighted by atomic mass is 16.5. The molecule has 0 spiro atoms. The van der Waals surface area contributed by atoms with Gasteiger partial charge in [0.2, 0.25) is 0 Å². The van der Waals surface area contributed by atoms with Crippen molar-refractivity contribution in [3.8, 4) is 6.07 Å². The van der Waals surface area contributed by atoms with E-state index < -0.39 is 0 Å². The largest absolute Gasteiger partial charge is 0.375 e. The van der Waals surface area contributed by atoms with Crippen LogP contribution in [0.5, 0.6) is 0 Å². The first kappa shape index (κ1) is 15.1. The number of nitriles is 1. The Kier molecular flexibility index (Phi) is 4.83. The smallest absolute Gasteiger partial charge is 0.0654 e. The second kappa shape index (κ2) is 6.41. The Balaban J connectivity index is 2.20. The van der Waals surface area contributed by atoms with E-state index in [2.05, 4.69) is 51.1 Å². The molecule has 1 heterocycles. The molecule has 0 aromatic heterocycles. The van der Waals surface area contributed by atoms with Gasteiger partial charge in [-0.3, -0.25) is 0 Å². The lowest BCUT2D eigenvalue weighted by Gasteiger charge is -2.40. The minimum Gasteiger partial charge on any atom is -0.375 e. The summed E-state index contributed by atoms with van der Waals surface area (Å²) in [6.07, 6.45) is 3.77. The number of nitrogens with zero attached hydrogens (tertiary/aromatic N) is 1. The van der Waals surface area contributed by atoms with Crippen LogP contribution in [0.3, 0.4) is 0 Å². The van der Waals surface area contributed by atoms with Gasteiger partial charge in [0.05, 0.1) is 11.7 Å². The van der Waals surface area contributed by atoms with Crippen molar-refractivity contribution in [3.63, 3.8) is 0 Å². The maximum absolute atomic E-state index is 9.19. The average molecular weight is 271 g/mol. The van der Waals surface area contributed by atoms with Crippen LogP contribution in [0, 0.1) is 24.2 Å². The Morgan fingerprint density at radius 2 is 2.10 bits per heavy atom. The van der Waals surface area contributed by atoms with Gasteiger partial charge in [0.15, 0.2) is 0 Å². The van der Waals surface area contributed by atoms with Gasteiger partial charge < -0.3 is 4.74 Å². The summed E-state index contributed by atoms with van der Waals surface area (Å²) >= 11 is 0. The lowest BCUT2D eigenvalue weighted by atomic mass is 9.74. The van der Waals surface area contributed by atoms with E-state index in [9.17, 15) is 5.26 Å². The minimum absolute atomic E-state index is 0.0126. The number of aryl methyl sites for hydroxylation is 1. The van der Waals surface area contributed by atoms with Crippen LogP contribution < -0.4 is 0 Å². The molecule has 1 aliphatic heterocycles. The van der Waals surface area contributed by atoms with Crippen LogP contribution >= 0.6 is 0 Å². The van der Waals surface area contributed by atoms with Crippen molar-refractivity contribution in [2.45, 2.75) is 58.0 Å². The Morgan fingerprint density at radius 1 is 1.40 bits per heavy atom. The molecule has 0 aliphatic carbocycles. The average Bonchev–Trinajstić information content (AvgIpc) is 2.46. The van der Waals surface area contributed by atoms with Crippen LogP contribution in [0.15, 0.2) is 24.3 Å². The predicted octanol–water partition coefficient (Wildman–Crippen LogP) is 4.59. The Bertz CT molecular complexity index is 473. The number of rotatable bonds is 4. The van der Waals surface area contributed by atoms with Gasteiger partial charge in [0.1, 0.15) is 0 Å². The molecule has 0 saturated carbocycles. The zero-order chi connectivity index (χ0) is 14.6. The summed E-state index contributed by atoms with van der Waals surface area (Å²) in [7, 11) is 0. The molecule has 2 heteroatoms. The molecule has 1 aliphatic rings. The molecule has 1 aromatic carbocycles. The van der Waals surface area contributed by atoms with E-state index in [1.165, 1.54) is 11.1 Å². The molecule has 2 rings (SSSR count). The van der Waals surface area contributed by atoms with E-state index in [1.807, 2.05) is 0 Å². The first-order valence-electron chi connectivity index (χ1n) is 7.65. The van der Waals surface area contributed by atoms with Gasteiger partial charge in [-0.05, 0) is 50.5 Å². The monoisotopic (exact) mass is 271 g/mol. The Morgan fingerprint density at radius 3 is 2.70 bits per heavy atom. The standard InChI is InChI=1S/C18H25NO/c1-4-18(3)13-16(10-12-20-18)17(9-11-19)15-7-5-14(2)6-8-15/h5-8,16-17H,4,9-10,12-13H2,1-3H3. The highest BCUT2D eigenvalue weighted by molar-refractivity contribution is 5.26. The molecule has 2 nitrogen and oxygen atoms in total. The maximum Gasteiger partial charge on any atom is 0.0654 e. The number of benzene rings is 1. The molecule has 1 saturated heterocycles. The van der Waals surface area contributed by atoms with Crippen molar-refractivity contribution >= 4 is 0 Å². The number of ether oxygens (including phenoxy) is 1. The van der Waals surface area contributed by atoms with E-state index in [1.54, 1.807) is 0 Å². The van der Waals surface area contributed by atoms with Crippen LogP contribution in [0.1, 0.15) is 56.6 Å². The summed E-state index contributed by atoms with van der Waals surface area (Å²) in [5.74, 6) is 0.895. The van der Waals surface area contributed by atoms with Gasteiger partial charge >= 0.3 is 0 Å². The third-order valence-corrected chi connectivity index (χ3v) is 4.77. The summed E-state index contributed by atoms with van der Waals surface area (Å²) in [5, 5.41) is 9.19. The van der Waals surface area contributed by atoms with Gasteiger partial charge in [-0.2, -0.15) is 5.26 Å². The fourth-order valence-electron chi connectivity index (χ4n) is 3.23. The summed E-state index contributed by atoms with van der Waals surface area (Å²) in [6.45, 7) is 7.32. The fraction of sp³-hybridized carbons (Fsp3) is 0.611. The highest BCUT2D eigenvalue weighted by Crippen LogP contribution is 2.41. The Hall–Kier alpha value is -1.33. The summed E-state index contributed by atoms with van der Waals surface area (Å²) in [6, 6.07) is 11.1. The highest BCUT2D eigenvalue weighted by Gasteiger charge is 2.35. The van der Waals surface area contributed by atoms with Crippen LogP contribution in [-0.4, -0.2) is 12.2 Å². The van der Waals surface area contributed by atoms with Crippen molar-refractivity contribution in [2.75, 3.05) is 6.61 Å². The molecule has 108 valence electrons. The van der Waals surface area contributed by atoms with Gasteiger partial charge in [-0.25, -0.2) is 0 Å². The molecule has 1 fully saturated rings. The SMILES string of the molecule is CCC1(C)CC(C(CC#N)c2ccc(C)cc2)CCO1. The molecule has 3 atom stereocenters. The molecule has 0 bridgehead atoms. The lowest BCUT2D eigenvalue weighted by Crippen LogP contribution is -2.38. The van der Waals surface area contributed by atoms with Crippen LogP contribution in [0.2, 0.25) is 0 Å². The predicted molar refractivity (Wildman–Crippen MR) is 81.5 cm³/mol. The molecular formula is C18H25NO. The fourth-order valence-corrected chi connectivity index (χ4v) is 3.23. The zero-order valence-corrected chi connectivity index (χ0v) is 12.9. The van der Waals surface area contributed by atoms with E-state index in [-0.39, 0.29) is 5.60 Å². The molecule has 0 radical (unpaired) electrons. The van der Waals surface area contributed by atoms with Crippen molar-refractivity contribution in [2.24, 2.45) is 5.92 Å². The summed E-state index contributed by atoms with van der Waals surface area (Å²) in [4.78, 5) is 0. The third kappa shape index (κ3) is 3.41. The van der Waals surface area contributed by atoms with Crippen LogP contribution in [-0.2, 0) is 4.74 Å². The second-order valence-corrected chi connectivity index (χ2v) is 6.28.